The van der Waals surface area contributed by atoms with Crippen LogP contribution >= 0.6 is 15.9 Å². The minimum atomic E-state index is -0.425. The van der Waals surface area contributed by atoms with Crippen LogP contribution in [0.3, 0.4) is 0 Å². The molecular formula is C11H9BrN2O2. The molecule has 0 fully saturated rings. The molecule has 0 amide bonds. The number of pyridine rings is 1. The first-order chi connectivity index (χ1) is 7.65. The Labute approximate surface area is 100 Å². The summed E-state index contributed by atoms with van der Waals surface area (Å²) in [4.78, 5) is 15.5. The zero-order chi connectivity index (χ0) is 11.5. The molecule has 2 heterocycles. The fraction of sp³-hybridized carbons (Fsp3) is 0.0909. The number of rotatable bonds is 2. The summed E-state index contributed by atoms with van der Waals surface area (Å²) >= 11 is 3.23. The Morgan fingerprint density at radius 3 is 2.94 bits per heavy atom. The van der Waals surface area contributed by atoms with Crippen LogP contribution in [0.2, 0.25) is 0 Å². The highest BCUT2D eigenvalue weighted by Gasteiger charge is 2.03. The van der Waals surface area contributed by atoms with Crippen molar-refractivity contribution in [3.63, 3.8) is 0 Å². The van der Waals surface area contributed by atoms with Gasteiger partial charge in [-0.2, -0.15) is 0 Å². The molecule has 5 heteroatoms. The molecule has 0 aliphatic carbocycles. The predicted molar refractivity (Wildman–Crippen MR) is 64.9 cm³/mol. The molecule has 0 saturated heterocycles. The van der Waals surface area contributed by atoms with Crippen molar-refractivity contribution in [3.8, 4) is 0 Å². The molecule has 2 aromatic rings. The third-order valence-corrected chi connectivity index (χ3v) is 2.37. The topological polar surface area (TPSA) is 55.1 Å². The smallest absolute Gasteiger partial charge is 0.359 e. The van der Waals surface area contributed by atoms with E-state index in [4.69, 9.17) is 4.42 Å². The summed E-state index contributed by atoms with van der Waals surface area (Å²) in [5.74, 6) is 0.607. The van der Waals surface area contributed by atoms with E-state index >= 15 is 0 Å². The average molecular weight is 281 g/mol. The first-order valence-corrected chi connectivity index (χ1v) is 5.42. The maximum absolute atomic E-state index is 11.4. The predicted octanol–water partition coefficient (Wildman–Crippen LogP) is 2.85. The van der Waals surface area contributed by atoms with Gasteiger partial charge in [-0.15, -0.1) is 0 Å². The number of anilines is 2. The highest BCUT2D eigenvalue weighted by Crippen LogP contribution is 2.15. The fourth-order valence-corrected chi connectivity index (χ4v) is 1.49. The van der Waals surface area contributed by atoms with E-state index in [-0.39, 0.29) is 0 Å². The highest BCUT2D eigenvalue weighted by atomic mass is 79.9. The van der Waals surface area contributed by atoms with Crippen LogP contribution in [0.4, 0.5) is 11.5 Å². The van der Waals surface area contributed by atoms with Crippen LogP contribution in [0.15, 0.2) is 44.3 Å². The quantitative estimate of drug-likeness (QED) is 0.919. The van der Waals surface area contributed by atoms with Crippen molar-refractivity contribution >= 4 is 27.4 Å². The fourth-order valence-electron chi connectivity index (χ4n) is 1.17. The van der Waals surface area contributed by atoms with Crippen LogP contribution < -0.4 is 10.9 Å². The van der Waals surface area contributed by atoms with E-state index in [0.29, 0.717) is 16.0 Å². The molecule has 0 aromatic carbocycles. The normalized spacial score (nSPS) is 10.1. The Morgan fingerprint density at radius 2 is 2.25 bits per heavy atom. The second-order valence-corrected chi connectivity index (χ2v) is 4.23. The maximum Gasteiger partial charge on any atom is 0.359 e. The third kappa shape index (κ3) is 2.49. The summed E-state index contributed by atoms with van der Waals surface area (Å²) in [6, 6.07) is 5.36. The number of nitrogens with one attached hydrogen (secondary N) is 1. The van der Waals surface area contributed by atoms with Gasteiger partial charge in [0.2, 0.25) is 0 Å². The summed E-state index contributed by atoms with van der Waals surface area (Å²) in [5.41, 5.74) is 0.989. The van der Waals surface area contributed by atoms with Gasteiger partial charge < -0.3 is 9.73 Å². The van der Waals surface area contributed by atoms with E-state index in [9.17, 15) is 4.79 Å². The summed E-state index contributed by atoms with van der Waals surface area (Å²) in [7, 11) is 0. The van der Waals surface area contributed by atoms with Crippen LogP contribution in [0.25, 0.3) is 0 Å². The van der Waals surface area contributed by atoms with Gasteiger partial charge in [-0.05, 0) is 40.5 Å². The van der Waals surface area contributed by atoms with Crippen LogP contribution in [0, 0.1) is 6.92 Å². The molecule has 0 radical (unpaired) electrons. The first kappa shape index (κ1) is 10.9. The third-order valence-electron chi connectivity index (χ3n) is 1.95. The van der Waals surface area contributed by atoms with Crippen LogP contribution in [0.1, 0.15) is 5.56 Å². The van der Waals surface area contributed by atoms with Crippen molar-refractivity contribution in [1.29, 1.82) is 0 Å². The zero-order valence-corrected chi connectivity index (χ0v) is 10.1. The van der Waals surface area contributed by atoms with E-state index in [1.807, 2.05) is 13.0 Å². The molecule has 4 nitrogen and oxygen atoms in total. The van der Waals surface area contributed by atoms with Gasteiger partial charge >= 0.3 is 5.63 Å². The standard InChI is InChI=1S/C11H9BrN2O2/c1-7-2-3-10(13-5-7)14-9-4-8(12)6-16-11(9)15/h2-6H,1H3,(H,13,14). The summed E-state index contributed by atoms with van der Waals surface area (Å²) in [6.45, 7) is 1.95. The van der Waals surface area contributed by atoms with Crippen LogP contribution in [-0.2, 0) is 0 Å². The molecule has 0 spiro atoms. The molecule has 0 saturated carbocycles. The van der Waals surface area contributed by atoms with Gasteiger partial charge in [0, 0.05) is 6.20 Å². The van der Waals surface area contributed by atoms with E-state index in [2.05, 4.69) is 26.2 Å². The van der Waals surface area contributed by atoms with Gasteiger partial charge in [0.25, 0.3) is 0 Å². The Balaban J connectivity index is 2.30. The van der Waals surface area contributed by atoms with Gasteiger partial charge in [0.15, 0.2) is 0 Å². The van der Waals surface area contributed by atoms with Gasteiger partial charge in [0.05, 0.1) is 4.47 Å². The lowest BCUT2D eigenvalue weighted by Gasteiger charge is -2.03. The molecular weight excluding hydrogens is 272 g/mol. The van der Waals surface area contributed by atoms with Crippen molar-refractivity contribution in [2.45, 2.75) is 6.92 Å². The van der Waals surface area contributed by atoms with Gasteiger partial charge in [-0.1, -0.05) is 6.07 Å². The molecule has 2 aromatic heterocycles. The zero-order valence-electron chi connectivity index (χ0n) is 8.53. The molecule has 0 aliphatic heterocycles. The van der Waals surface area contributed by atoms with E-state index in [1.54, 1.807) is 18.3 Å². The largest absolute Gasteiger partial charge is 0.429 e. The lowest BCUT2D eigenvalue weighted by Crippen LogP contribution is -2.06. The van der Waals surface area contributed by atoms with E-state index < -0.39 is 5.63 Å². The molecule has 0 atom stereocenters. The number of aromatic nitrogens is 1. The highest BCUT2D eigenvalue weighted by molar-refractivity contribution is 9.10. The summed E-state index contributed by atoms with van der Waals surface area (Å²) in [6.07, 6.45) is 3.07. The summed E-state index contributed by atoms with van der Waals surface area (Å²) < 4.78 is 5.49. The number of nitrogens with zero attached hydrogens (tertiary/aromatic N) is 1. The van der Waals surface area contributed by atoms with Gasteiger partial charge in [-0.25, -0.2) is 9.78 Å². The first-order valence-electron chi connectivity index (χ1n) is 4.63. The lowest BCUT2D eigenvalue weighted by molar-refractivity contribution is 0.510. The minimum Gasteiger partial charge on any atom is -0.429 e. The second kappa shape index (κ2) is 4.49. The monoisotopic (exact) mass is 280 g/mol. The number of hydrogen-bond donors (Lipinski definition) is 1. The molecule has 2 rings (SSSR count). The van der Waals surface area contributed by atoms with Gasteiger partial charge in [0.1, 0.15) is 17.8 Å². The Kier molecular flexibility index (Phi) is 3.05. The second-order valence-electron chi connectivity index (χ2n) is 3.31. The number of hydrogen-bond acceptors (Lipinski definition) is 4. The molecule has 16 heavy (non-hydrogen) atoms. The van der Waals surface area contributed by atoms with Gasteiger partial charge in [-0.3, -0.25) is 0 Å². The Hall–Kier alpha value is -1.62. The maximum atomic E-state index is 11.4. The van der Waals surface area contributed by atoms with Crippen molar-refractivity contribution in [1.82, 2.24) is 4.98 Å². The molecule has 0 unspecified atom stereocenters. The Morgan fingerprint density at radius 1 is 1.44 bits per heavy atom. The Bertz CT molecular complexity index is 549. The van der Waals surface area contributed by atoms with E-state index in [1.165, 1.54) is 6.26 Å². The van der Waals surface area contributed by atoms with Crippen molar-refractivity contribution in [2.75, 3.05) is 5.32 Å². The minimum absolute atomic E-state index is 0.353. The number of halogens is 1. The van der Waals surface area contributed by atoms with Crippen LogP contribution in [-0.4, -0.2) is 4.98 Å². The lowest BCUT2D eigenvalue weighted by atomic mass is 10.3. The van der Waals surface area contributed by atoms with Crippen molar-refractivity contribution in [3.05, 3.63) is 51.1 Å². The van der Waals surface area contributed by atoms with E-state index in [0.717, 1.165) is 5.56 Å². The average Bonchev–Trinajstić information content (AvgIpc) is 2.27. The molecule has 1 N–H and O–H groups in total. The van der Waals surface area contributed by atoms with Crippen molar-refractivity contribution < 1.29 is 4.42 Å². The van der Waals surface area contributed by atoms with Crippen LogP contribution in [0.5, 0.6) is 0 Å². The summed E-state index contributed by atoms with van der Waals surface area (Å²) in [5, 5.41) is 2.89. The molecule has 0 aliphatic rings. The molecule has 82 valence electrons. The van der Waals surface area contributed by atoms with Crippen molar-refractivity contribution in [2.24, 2.45) is 0 Å². The molecule has 0 bridgehead atoms. The SMILES string of the molecule is Cc1ccc(Nc2cc(Br)coc2=O)nc1. The number of aryl methyl sites for hydroxylation is 1.